The molecule has 0 saturated carbocycles. The molecule has 0 bridgehead atoms. The van der Waals surface area contributed by atoms with Gasteiger partial charge in [-0.15, -0.1) is 0 Å². The van der Waals surface area contributed by atoms with Gasteiger partial charge in [0.25, 0.3) is 0 Å². The second-order valence-corrected chi connectivity index (χ2v) is 6.86. The Morgan fingerprint density at radius 3 is 2.68 bits per heavy atom. The Morgan fingerprint density at radius 1 is 1.23 bits per heavy atom. The lowest BCUT2D eigenvalue weighted by molar-refractivity contribution is 0.346. The first kappa shape index (κ1) is 15.8. The van der Waals surface area contributed by atoms with Gasteiger partial charge in [-0.3, -0.25) is 0 Å². The summed E-state index contributed by atoms with van der Waals surface area (Å²) >= 11 is 0. The van der Waals surface area contributed by atoms with Crippen LogP contribution in [0.25, 0.3) is 0 Å². The molecule has 22 heavy (non-hydrogen) atoms. The summed E-state index contributed by atoms with van der Waals surface area (Å²) in [4.78, 5) is 9.84. The van der Waals surface area contributed by atoms with E-state index in [1.54, 1.807) is 0 Å². The number of nitrogens with zero attached hydrogens (tertiary/aromatic N) is 3. The average molecular weight is 302 g/mol. The fraction of sp³-hybridized carbons (Fsp3) is 0.722. The highest BCUT2D eigenvalue weighted by atomic mass is 15.2. The SMILES string of the molecule is Cc1ccc(C2CCNCC2)c(N(C)CCN2CCCC2)n1. The van der Waals surface area contributed by atoms with E-state index in [9.17, 15) is 0 Å². The summed E-state index contributed by atoms with van der Waals surface area (Å²) in [5.74, 6) is 1.88. The third-order valence-corrected chi connectivity index (χ3v) is 5.14. The summed E-state index contributed by atoms with van der Waals surface area (Å²) in [7, 11) is 2.21. The summed E-state index contributed by atoms with van der Waals surface area (Å²) in [6.45, 7) is 9.16. The van der Waals surface area contributed by atoms with Crippen LogP contribution in [-0.2, 0) is 0 Å². The molecule has 4 heteroatoms. The highest BCUT2D eigenvalue weighted by Crippen LogP contribution is 2.31. The molecule has 3 heterocycles. The molecule has 3 rings (SSSR count). The second-order valence-electron chi connectivity index (χ2n) is 6.86. The van der Waals surface area contributed by atoms with Crippen LogP contribution >= 0.6 is 0 Å². The van der Waals surface area contributed by atoms with Crippen LogP contribution in [0.1, 0.15) is 42.9 Å². The van der Waals surface area contributed by atoms with Crippen molar-refractivity contribution in [3.63, 3.8) is 0 Å². The lowest BCUT2D eigenvalue weighted by atomic mass is 9.90. The fourth-order valence-electron chi connectivity index (χ4n) is 3.71. The molecule has 2 aliphatic rings. The Hall–Kier alpha value is -1.13. The van der Waals surface area contributed by atoms with E-state index in [2.05, 4.69) is 41.2 Å². The van der Waals surface area contributed by atoms with Crippen LogP contribution in [0.4, 0.5) is 5.82 Å². The molecule has 1 N–H and O–H groups in total. The van der Waals surface area contributed by atoms with Gasteiger partial charge in [-0.25, -0.2) is 4.98 Å². The van der Waals surface area contributed by atoms with Gasteiger partial charge in [0.15, 0.2) is 0 Å². The zero-order valence-electron chi connectivity index (χ0n) is 14.1. The first-order chi connectivity index (χ1) is 10.7. The van der Waals surface area contributed by atoms with Crippen LogP contribution in [0.5, 0.6) is 0 Å². The molecule has 0 spiro atoms. The number of rotatable bonds is 5. The lowest BCUT2D eigenvalue weighted by Crippen LogP contribution is -2.33. The number of aromatic nitrogens is 1. The van der Waals surface area contributed by atoms with Gasteiger partial charge >= 0.3 is 0 Å². The molecule has 4 nitrogen and oxygen atoms in total. The zero-order valence-corrected chi connectivity index (χ0v) is 14.1. The quantitative estimate of drug-likeness (QED) is 0.905. The van der Waals surface area contributed by atoms with Crippen molar-refractivity contribution in [3.05, 3.63) is 23.4 Å². The van der Waals surface area contributed by atoms with Gasteiger partial charge < -0.3 is 15.1 Å². The summed E-state index contributed by atoms with van der Waals surface area (Å²) in [5.41, 5.74) is 2.58. The van der Waals surface area contributed by atoms with Gasteiger partial charge in [0.05, 0.1) is 0 Å². The number of likely N-dealkylation sites (tertiary alicyclic amines) is 1. The van der Waals surface area contributed by atoms with Gasteiger partial charge in [-0.05, 0) is 76.3 Å². The molecule has 2 aliphatic heterocycles. The number of pyridine rings is 1. The summed E-state index contributed by atoms with van der Waals surface area (Å²) in [6, 6.07) is 4.50. The van der Waals surface area contributed by atoms with Crippen molar-refractivity contribution >= 4 is 5.82 Å². The Morgan fingerprint density at radius 2 is 1.95 bits per heavy atom. The molecule has 122 valence electrons. The Kier molecular flexibility index (Phi) is 5.32. The van der Waals surface area contributed by atoms with Crippen molar-refractivity contribution in [1.82, 2.24) is 15.2 Å². The van der Waals surface area contributed by atoms with Crippen molar-refractivity contribution in [2.24, 2.45) is 0 Å². The first-order valence-electron chi connectivity index (χ1n) is 8.86. The summed E-state index contributed by atoms with van der Waals surface area (Å²) in [6.07, 6.45) is 5.20. The first-order valence-corrected chi connectivity index (χ1v) is 8.86. The van der Waals surface area contributed by atoms with Crippen LogP contribution in [-0.4, -0.2) is 56.2 Å². The number of hydrogen-bond acceptors (Lipinski definition) is 4. The number of hydrogen-bond donors (Lipinski definition) is 1. The van der Waals surface area contributed by atoms with Gasteiger partial charge in [-0.1, -0.05) is 6.07 Å². The maximum absolute atomic E-state index is 4.88. The molecular formula is C18H30N4. The average Bonchev–Trinajstić information content (AvgIpc) is 3.07. The fourth-order valence-corrected chi connectivity index (χ4v) is 3.71. The van der Waals surface area contributed by atoms with E-state index in [1.807, 2.05) is 0 Å². The van der Waals surface area contributed by atoms with Crippen molar-refractivity contribution in [3.8, 4) is 0 Å². The van der Waals surface area contributed by atoms with Crippen molar-refractivity contribution in [1.29, 1.82) is 0 Å². The maximum atomic E-state index is 4.88. The maximum Gasteiger partial charge on any atom is 0.132 e. The Labute approximate surface area is 134 Å². The Balaban J connectivity index is 1.70. The summed E-state index contributed by atoms with van der Waals surface area (Å²) in [5, 5.41) is 3.47. The number of likely N-dealkylation sites (N-methyl/N-ethyl adjacent to an activating group) is 1. The zero-order chi connectivity index (χ0) is 15.4. The van der Waals surface area contributed by atoms with Gasteiger partial charge in [0.2, 0.25) is 0 Å². The minimum absolute atomic E-state index is 0.665. The smallest absolute Gasteiger partial charge is 0.132 e. The highest BCUT2D eigenvalue weighted by Gasteiger charge is 2.21. The van der Waals surface area contributed by atoms with E-state index in [1.165, 1.54) is 50.2 Å². The van der Waals surface area contributed by atoms with E-state index in [-0.39, 0.29) is 0 Å². The molecule has 0 amide bonds. The topological polar surface area (TPSA) is 31.4 Å². The van der Waals surface area contributed by atoms with Crippen LogP contribution in [0.15, 0.2) is 12.1 Å². The van der Waals surface area contributed by atoms with Crippen LogP contribution in [0.2, 0.25) is 0 Å². The predicted octanol–water partition coefficient (Wildman–Crippen LogP) is 2.39. The molecule has 0 unspecified atom stereocenters. The van der Waals surface area contributed by atoms with Crippen molar-refractivity contribution < 1.29 is 0 Å². The predicted molar refractivity (Wildman–Crippen MR) is 92.8 cm³/mol. The molecular weight excluding hydrogens is 272 g/mol. The minimum atomic E-state index is 0.665. The molecule has 0 atom stereocenters. The van der Waals surface area contributed by atoms with Crippen LogP contribution in [0, 0.1) is 6.92 Å². The second kappa shape index (κ2) is 7.42. The van der Waals surface area contributed by atoms with E-state index in [0.717, 1.165) is 31.9 Å². The standard InChI is InChI=1S/C18H30N4/c1-15-5-6-17(16-7-9-19-10-8-16)18(20-15)21(2)13-14-22-11-3-4-12-22/h5-6,16,19H,3-4,7-14H2,1-2H3. The molecule has 2 fully saturated rings. The Bertz CT molecular complexity index is 476. The lowest BCUT2D eigenvalue weighted by Gasteiger charge is -2.29. The van der Waals surface area contributed by atoms with Crippen LogP contribution in [0.3, 0.4) is 0 Å². The monoisotopic (exact) mass is 302 g/mol. The molecule has 1 aromatic heterocycles. The molecule has 1 aromatic rings. The number of anilines is 1. The van der Waals surface area contributed by atoms with E-state index in [4.69, 9.17) is 4.98 Å². The number of piperidine rings is 1. The molecule has 0 aromatic carbocycles. The number of nitrogens with one attached hydrogen (secondary N) is 1. The van der Waals surface area contributed by atoms with Crippen LogP contribution < -0.4 is 10.2 Å². The molecule has 2 saturated heterocycles. The minimum Gasteiger partial charge on any atom is -0.358 e. The normalized spacial score (nSPS) is 20.5. The molecule has 0 aliphatic carbocycles. The van der Waals surface area contributed by atoms with Crippen molar-refractivity contribution in [2.75, 3.05) is 51.2 Å². The summed E-state index contributed by atoms with van der Waals surface area (Å²) < 4.78 is 0. The number of aryl methyl sites for hydroxylation is 1. The van der Waals surface area contributed by atoms with Gasteiger partial charge in [0.1, 0.15) is 5.82 Å². The third kappa shape index (κ3) is 3.79. The molecule has 0 radical (unpaired) electrons. The van der Waals surface area contributed by atoms with Crippen molar-refractivity contribution in [2.45, 2.75) is 38.5 Å². The highest BCUT2D eigenvalue weighted by molar-refractivity contribution is 5.49. The van der Waals surface area contributed by atoms with E-state index in [0.29, 0.717) is 5.92 Å². The van der Waals surface area contributed by atoms with Gasteiger partial charge in [0, 0.05) is 25.8 Å². The van der Waals surface area contributed by atoms with E-state index >= 15 is 0 Å². The largest absolute Gasteiger partial charge is 0.358 e. The van der Waals surface area contributed by atoms with Gasteiger partial charge in [-0.2, -0.15) is 0 Å². The third-order valence-electron chi connectivity index (χ3n) is 5.14. The van der Waals surface area contributed by atoms with E-state index < -0.39 is 0 Å².